The third kappa shape index (κ3) is 9.53. The number of nitrogens with two attached hydrogens (primary N) is 1. The topological polar surface area (TPSA) is 91.2 Å². The van der Waals surface area contributed by atoms with Crippen molar-refractivity contribution in [3.63, 3.8) is 0 Å². The first kappa shape index (κ1) is 15.1. The van der Waals surface area contributed by atoms with Crippen LogP contribution in [0.5, 0.6) is 0 Å². The Balaban J connectivity index is 0. The number of alkyl halides is 3. The van der Waals surface area contributed by atoms with Crippen molar-refractivity contribution in [2.75, 3.05) is 20.2 Å². The highest BCUT2D eigenvalue weighted by molar-refractivity contribution is 7.86. The molecule has 0 radical (unpaired) electrons. The van der Waals surface area contributed by atoms with Gasteiger partial charge >= 0.3 is 15.6 Å². The summed E-state index contributed by atoms with van der Waals surface area (Å²) < 4.78 is 57.5. The molecule has 5 nitrogen and oxygen atoms in total. The zero-order valence-electron chi connectivity index (χ0n) is 6.74. The van der Waals surface area contributed by atoms with E-state index in [0.717, 1.165) is 6.54 Å². The normalized spacial score (nSPS) is 11.8. The maximum Gasteiger partial charge on any atom is 0.522 e. The summed E-state index contributed by atoms with van der Waals surface area (Å²) in [5.41, 5.74) is -5.53. The minimum Gasteiger partial charge on any atom is -0.391 e. The van der Waals surface area contributed by atoms with Gasteiger partial charge in [-0.15, -0.1) is 0 Å². The maximum absolute atomic E-state index is 10.7. The van der Waals surface area contributed by atoms with Crippen LogP contribution in [0.15, 0.2) is 0 Å². The second-order valence-corrected chi connectivity index (χ2v) is 3.25. The highest BCUT2D eigenvalue weighted by atomic mass is 32.2. The van der Waals surface area contributed by atoms with E-state index in [0.29, 0.717) is 0 Å². The molecule has 0 aliphatic heterocycles. The molecule has 0 aromatic carbocycles. The van der Waals surface area contributed by atoms with Crippen LogP contribution in [0.3, 0.4) is 0 Å². The van der Waals surface area contributed by atoms with E-state index in [9.17, 15) is 13.2 Å². The highest BCUT2D eigenvalue weighted by Crippen LogP contribution is 2.20. The molecule has 0 unspecified atom stereocenters. The Morgan fingerprint density at radius 1 is 1.38 bits per heavy atom. The zero-order valence-corrected chi connectivity index (χ0v) is 7.56. The van der Waals surface area contributed by atoms with E-state index >= 15 is 0 Å². The molecule has 0 bridgehead atoms. The summed E-state index contributed by atoms with van der Waals surface area (Å²) in [7, 11) is -3.91. The molecule has 0 saturated carbocycles. The van der Waals surface area contributed by atoms with Gasteiger partial charge in [-0.05, 0) is 0 Å². The summed E-state index contributed by atoms with van der Waals surface area (Å²) in [6.45, 7) is 1.11. The van der Waals surface area contributed by atoms with Crippen LogP contribution in [0.2, 0.25) is 0 Å². The van der Waals surface area contributed by atoms with Crippen LogP contribution >= 0.6 is 0 Å². The quantitative estimate of drug-likeness (QED) is 0.397. The van der Waals surface area contributed by atoms with Crippen molar-refractivity contribution in [1.82, 2.24) is 0 Å². The second kappa shape index (κ2) is 6.13. The van der Waals surface area contributed by atoms with E-state index in [1.54, 1.807) is 0 Å². The van der Waals surface area contributed by atoms with Crippen molar-refractivity contribution < 1.29 is 36.6 Å². The highest BCUT2D eigenvalue weighted by Gasteiger charge is 2.44. The molecule has 0 aromatic rings. The molecule has 0 aliphatic rings. The largest absolute Gasteiger partial charge is 0.522 e. The Kier molecular flexibility index (Phi) is 7.13. The lowest BCUT2D eigenvalue weighted by Crippen LogP contribution is -2.80. The van der Waals surface area contributed by atoms with E-state index < -0.39 is 15.6 Å². The Bertz CT molecular complexity index is 210. The molecule has 13 heavy (non-hydrogen) atoms. The zero-order chi connectivity index (χ0) is 11.1. The van der Waals surface area contributed by atoms with Gasteiger partial charge in [0, 0.05) is 0 Å². The fourth-order valence-corrected chi connectivity index (χ4v) is 0.129. The summed E-state index contributed by atoms with van der Waals surface area (Å²) in [4.78, 5) is 0. The second-order valence-electron chi connectivity index (χ2n) is 1.84. The van der Waals surface area contributed by atoms with Crippen LogP contribution in [0.1, 0.15) is 0 Å². The first-order valence-electron chi connectivity index (χ1n) is 3.09. The number of hydrogen-bond donors (Lipinski definition) is 3. The van der Waals surface area contributed by atoms with Gasteiger partial charge < -0.3 is 10.4 Å². The van der Waals surface area contributed by atoms with Crippen molar-refractivity contribution in [3.8, 4) is 0 Å². The minimum atomic E-state index is -5.84. The van der Waals surface area contributed by atoms with Gasteiger partial charge in [-0.1, -0.05) is 0 Å². The number of rotatable bonds is 2. The van der Waals surface area contributed by atoms with Gasteiger partial charge in [0.2, 0.25) is 0 Å². The maximum atomic E-state index is 10.7. The van der Waals surface area contributed by atoms with Crippen LogP contribution in [-0.2, 0) is 10.1 Å². The molecule has 0 heterocycles. The van der Waals surface area contributed by atoms with Crippen LogP contribution in [0, 0.1) is 0 Å². The minimum absolute atomic E-state index is 0.288. The van der Waals surface area contributed by atoms with Crippen LogP contribution in [0.25, 0.3) is 0 Å². The van der Waals surface area contributed by atoms with Gasteiger partial charge in [0.15, 0.2) is 0 Å². The van der Waals surface area contributed by atoms with Gasteiger partial charge in [0.05, 0.1) is 20.2 Å². The Morgan fingerprint density at radius 3 is 1.69 bits per heavy atom. The van der Waals surface area contributed by atoms with Crippen LogP contribution in [0.4, 0.5) is 13.2 Å². The summed E-state index contributed by atoms with van der Waals surface area (Å²) in [6, 6.07) is 0. The van der Waals surface area contributed by atoms with Gasteiger partial charge in [-0.25, -0.2) is 0 Å². The molecule has 0 aromatic heterocycles. The van der Waals surface area contributed by atoms with Crippen molar-refractivity contribution in [1.29, 1.82) is 0 Å². The molecule has 0 aliphatic carbocycles. The molecule has 0 rings (SSSR count). The lowest BCUT2D eigenvalue weighted by atomic mass is 10.7. The molecule has 0 fully saturated rings. The van der Waals surface area contributed by atoms with E-state index in [-0.39, 0.29) is 6.61 Å². The Labute approximate surface area is 73.3 Å². The first-order chi connectivity index (χ1) is 5.66. The number of quaternary nitrogens is 1. The predicted molar refractivity (Wildman–Crippen MR) is 37.4 cm³/mol. The lowest BCUT2D eigenvalue weighted by molar-refractivity contribution is -0.628. The number of aliphatic hydroxyl groups is 1. The molecule has 4 N–H and O–H groups in total. The average molecular weight is 226 g/mol. The third-order valence-corrected chi connectivity index (χ3v) is 1.30. The van der Waals surface area contributed by atoms with Crippen molar-refractivity contribution >= 4 is 10.1 Å². The van der Waals surface area contributed by atoms with Crippen molar-refractivity contribution in [2.24, 2.45) is 0 Å². The smallest absolute Gasteiger partial charge is 0.391 e. The SMILES string of the molecule is C[NH2+]CCO.O=S(=O)(O)C(F)(F)F. The summed E-state index contributed by atoms with van der Waals surface area (Å²) in [5.74, 6) is 0. The first-order valence-corrected chi connectivity index (χ1v) is 4.53. The number of aliphatic hydroxyl groups excluding tert-OH is 1. The predicted octanol–water partition coefficient (Wildman–Crippen LogP) is -1.43. The fraction of sp³-hybridized carbons (Fsp3) is 1.00. The Hall–Kier alpha value is -0.380. The molecule has 82 valence electrons. The number of likely N-dealkylation sites (N-methyl/N-ethyl adjacent to an activating group) is 1. The van der Waals surface area contributed by atoms with E-state index in [1.807, 2.05) is 12.4 Å². The van der Waals surface area contributed by atoms with Gasteiger partial charge in [-0.3, -0.25) is 4.55 Å². The van der Waals surface area contributed by atoms with Crippen LogP contribution in [-0.4, -0.2) is 43.8 Å². The summed E-state index contributed by atoms with van der Waals surface area (Å²) in [5, 5.41) is 9.97. The molecule has 0 atom stereocenters. The summed E-state index contributed by atoms with van der Waals surface area (Å²) in [6.07, 6.45) is 0. The molecule has 0 saturated heterocycles. The lowest BCUT2D eigenvalue weighted by Gasteiger charge is -1.97. The molecule has 0 spiro atoms. The molecule has 9 heteroatoms. The summed E-state index contributed by atoms with van der Waals surface area (Å²) >= 11 is 0. The van der Waals surface area contributed by atoms with Gasteiger partial charge in [0.1, 0.15) is 0 Å². The van der Waals surface area contributed by atoms with E-state index in [2.05, 4.69) is 0 Å². The number of hydrogen-bond acceptors (Lipinski definition) is 3. The third-order valence-electron chi connectivity index (χ3n) is 0.710. The Morgan fingerprint density at radius 2 is 1.69 bits per heavy atom. The van der Waals surface area contributed by atoms with E-state index in [4.69, 9.17) is 18.1 Å². The molecular formula is C4H11F3NO4S+. The molecule has 0 amide bonds. The van der Waals surface area contributed by atoms with Crippen LogP contribution < -0.4 is 5.32 Å². The average Bonchev–Trinajstić information content (AvgIpc) is 1.85. The number of halogens is 3. The van der Waals surface area contributed by atoms with Gasteiger partial charge in [-0.2, -0.15) is 21.6 Å². The van der Waals surface area contributed by atoms with Crippen molar-refractivity contribution in [3.05, 3.63) is 0 Å². The van der Waals surface area contributed by atoms with Gasteiger partial charge in [0.25, 0.3) is 0 Å². The van der Waals surface area contributed by atoms with E-state index in [1.165, 1.54) is 0 Å². The van der Waals surface area contributed by atoms with Crippen molar-refractivity contribution in [2.45, 2.75) is 5.51 Å². The standard InChI is InChI=1S/C3H9NO.CHF3O3S/c1-4-2-3-5;2-1(3,4)8(5,6)7/h4-5H,2-3H2,1H3;(H,5,6,7)/p+1. The monoisotopic (exact) mass is 226 g/mol. The molecular weight excluding hydrogens is 215 g/mol. The fourth-order valence-electron chi connectivity index (χ4n) is 0.129.